The van der Waals surface area contributed by atoms with E-state index < -0.39 is 0 Å². The molecule has 2 aromatic heterocycles. The van der Waals surface area contributed by atoms with Gasteiger partial charge >= 0.3 is 0 Å². The van der Waals surface area contributed by atoms with E-state index in [4.69, 9.17) is 4.98 Å². The first-order valence-corrected chi connectivity index (χ1v) is 9.29. The van der Waals surface area contributed by atoms with Crippen molar-refractivity contribution in [2.45, 2.75) is 43.8 Å². The summed E-state index contributed by atoms with van der Waals surface area (Å²) in [4.78, 5) is 10.6. The molecule has 128 valence electrons. The summed E-state index contributed by atoms with van der Waals surface area (Å²) in [5.74, 6) is 0. The number of nitrogens with zero attached hydrogens (tertiary/aromatic N) is 2. The molecule has 2 saturated heterocycles. The summed E-state index contributed by atoms with van der Waals surface area (Å²) in [5, 5.41) is 4.94. The largest absolute Gasteiger partial charge is 0.381 e. The second kappa shape index (κ2) is 5.88. The van der Waals surface area contributed by atoms with Crippen molar-refractivity contribution >= 4 is 16.6 Å². The predicted molar refractivity (Wildman–Crippen MR) is 103 cm³/mol. The Morgan fingerprint density at radius 2 is 1.92 bits per heavy atom. The van der Waals surface area contributed by atoms with Gasteiger partial charge in [-0.3, -0.25) is 4.98 Å². The summed E-state index contributed by atoms with van der Waals surface area (Å²) in [6.45, 7) is 0. The van der Waals surface area contributed by atoms with Crippen molar-refractivity contribution in [3.63, 3.8) is 0 Å². The minimum Gasteiger partial charge on any atom is -0.381 e. The number of aromatic nitrogens is 2. The van der Waals surface area contributed by atoms with Crippen LogP contribution in [0.15, 0.2) is 48.8 Å². The Morgan fingerprint density at radius 1 is 1.08 bits per heavy atom. The molecular weight excluding hydrogens is 308 g/mol. The SMILES string of the molecule is CN1[C@@H]2CC[C@H]1CC(Nc1ccc(-c3cccc4[nH]ccc34)nc1)C2. The monoisotopic (exact) mass is 332 g/mol. The van der Waals surface area contributed by atoms with Crippen LogP contribution in [0.25, 0.3) is 22.2 Å². The smallest absolute Gasteiger partial charge is 0.0710 e. The zero-order chi connectivity index (χ0) is 16.8. The zero-order valence-electron chi connectivity index (χ0n) is 14.6. The van der Waals surface area contributed by atoms with E-state index in [9.17, 15) is 0 Å². The van der Waals surface area contributed by atoms with Gasteiger partial charge in [-0.25, -0.2) is 0 Å². The minimum atomic E-state index is 0.578. The van der Waals surface area contributed by atoms with Crippen LogP contribution in [0.5, 0.6) is 0 Å². The van der Waals surface area contributed by atoms with Gasteiger partial charge in [-0.2, -0.15) is 0 Å². The number of hydrogen-bond donors (Lipinski definition) is 2. The van der Waals surface area contributed by atoms with Gasteiger partial charge in [0, 0.05) is 40.8 Å². The number of rotatable bonds is 3. The second-order valence-electron chi connectivity index (χ2n) is 7.54. The van der Waals surface area contributed by atoms with Crippen molar-refractivity contribution in [2.75, 3.05) is 12.4 Å². The maximum Gasteiger partial charge on any atom is 0.0710 e. The Kier molecular flexibility index (Phi) is 3.52. The Bertz CT molecular complexity index is 868. The van der Waals surface area contributed by atoms with Crippen LogP contribution in [0.2, 0.25) is 0 Å². The lowest BCUT2D eigenvalue weighted by molar-refractivity contribution is 0.169. The van der Waals surface area contributed by atoms with Gasteiger partial charge in [-0.15, -0.1) is 0 Å². The number of pyridine rings is 1. The Balaban J connectivity index is 1.35. The van der Waals surface area contributed by atoms with Crippen molar-refractivity contribution < 1.29 is 0 Å². The quantitative estimate of drug-likeness (QED) is 0.753. The van der Waals surface area contributed by atoms with Gasteiger partial charge in [-0.1, -0.05) is 12.1 Å². The minimum absolute atomic E-state index is 0.578. The van der Waals surface area contributed by atoms with E-state index in [2.05, 4.69) is 58.6 Å². The van der Waals surface area contributed by atoms with Gasteiger partial charge < -0.3 is 15.2 Å². The number of nitrogens with one attached hydrogen (secondary N) is 2. The van der Waals surface area contributed by atoms with Crippen LogP contribution < -0.4 is 5.32 Å². The zero-order valence-corrected chi connectivity index (χ0v) is 14.6. The average molecular weight is 332 g/mol. The standard InChI is InChI=1S/C21H24N4/c1-25-16-6-7-17(25)12-15(11-16)24-14-5-8-21(23-13-14)18-3-2-4-20-19(18)9-10-22-20/h2-5,8-10,13,15-17,22,24H,6-7,11-12H2,1H3/t15?,16-,17+. The molecule has 2 fully saturated rings. The summed E-state index contributed by atoms with van der Waals surface area (Å²) in [6, 6.07) is 14.8. The molecule has 4 heterocycles. The summed E-state index contributed by atoms with van der Waals surface area (Å²) >= 11 is 0. The van der Waals surface area contributed by atoms with Crippen LogP contribution in [0.1, 0.15) is 25.7 Å². The average Bonchev–Trinajstić information content (AvgIpc) is 3.17. The first-order chi connectivity index (χ1) is 12.3. The molecule has 0 saturated carbocycles. The van der Waals surface area contributed by atoms with Gasteiger partial charge in [0.25, 0.3) is 0 Å². The van der Waals surface area contributed by atoms with Crippen LogP contribution in [0.4, 0.5) is 5.69 Å². The number of hydrogen-bond acceptors (Lipinski definition) is 3. The molecular formula is C21H24N4. The molecule has 0 spiro atoms. The molecule has 2 aliphatic rings. The topological polar surface area (TPSA) is 44.0 Å². The van der Waals surface area contributed by atoms with Crippen molar-refractivity contribution in [2.24, 2.45) is 0 Å². The maximum absolute atomic E-state index is 4.73. The van der Waals surface area contributed by atoms with E-state index in [1.165, 1.54) is 36.6 Å². The normalized spacial score (nSPS) is 26.2. The highest BCUT2D eigenvalue weighted by molar-refractivity contribution is 5.94. The summed E-state index contributed by atoms with van der Waals surface area (Å²) < 4.78 is 0. The fourth-order valence-electron chi connectivity index (χ4n) is 4.71. The highest BCUT2D eigenvalue weighted by Gasteiger charge is 2.38. The molecule has 5 rings (SSSR count). The lowest BCUT2D eigenvalue weighted by Crippen LogP contribution is -2.44. The van der Waals surface area contributed by atoms with Gasteiger partial charge in [0.05, 0.1) is 17.6 Å². The Morgan fingerprint density at radius 3 is 2.68 bits per heavy atom. The third-order valence-corrected chi connectivity index (χ3v) is 6.10. The third-order valence-electron chi connectivity index (χ3n) is 6.10. The number of piperidine rings is 1. The molecule has 4 nitrogen and oxygen atoms in total. The fourth-order valence-corrected chi connectivity index (χ4v) is 4.71. The van der Waals surface area contributed by atoms with E-state index in [-0.39, 0.29) is 0 Å². The number of fused-ring (bicyclic) bond motifs is 3. The van der Waals surface area contributed by atoms with Crippen molar-refractivity contribution in [1.82, 2.24) is 14.9 Å². The van der Waals surface area contributed by atoms with Crippen LogP contribution in [0.3, 0.4) is 0 Å². The van der Waals surface area contributed by atoms with E-state index in [0.29, 0.717) is 6.04 Å². The fraction of sp³-hybridized carbons (Fsp3) is 0.381. The number of benzene rings is 1. The molecule has 0 aliphatic carbocycles. The van der Waals surface area contributed by atoms with Gasteiger partial charge in [0.2, 0.25) is 0 Å². The van der Waals surface area contributed by atoms with Crippen LogP contribution in [-0.2, 0) is 0 Å². The number of anilines is 1. The summed E-state index contributed by atoms with van der Waals surface area (Å²) in [7, 11) is 2.29. The molecule has 4 heteroatoms. The Hall–Kier alpha value is -2.33. The van der Waals surface area contributed by atoms with E-state index >= 15 is 0 Å². The van der Waals surface area contributed by atoms with Crippen LogP contribution in [0, 0.1) is 0 Å². The van der Waals surface area contributed by atoms with Crippen molar-refractivity contribution in [1.29, 1.82) is 0 Å². The molecule has 3 aromatic rings. The van der Waals surface area contributed by atoms with Gasteiger partial charge in [0.1, 0.15) is 0 Å². The molecule has 1 aromatic carbocycles. The molecule has 1 unspecified atom stereocenters. The maximum atomic E-state index is 4.73. The van der Waals surface area contributed by atoms with Gasteiger partial charge in [0.15, 0.2) is 0 Å². The molecule has 2 N–H and O–H groups in total. The first-order valence-electron chi connectivity index (χ1n) is 9.29. The van der Waals surface area contributed by atoms with E-state index in [0.717, 1.165) is 29.0 Å². The van der Waals surface area contributed by atoms with Crippen molar-refractivity contribution in [3.8, 4) is 11.3 Å². The number of aromatic amines is 1. The second-order valence-corrected chi connectivity index (χ2v) is 7.54. The molecule has 25 heavy (non-hydrogen) atoms. The third kappa shape index (κ3) is 2.61. The van der Waals surface area contributed by atoms with E-state index in [1.54, 1.807) is 0 Å². The molecule has 2 bridgehead atoms. The highest BCUT2D eigenvalue weighted by atomic mass is 15.2. The molecule has 2 aliphatic heterocycles. The van der Waals surface area contributed by atoms with Gasteiger partial charge in [-0.05, 0) is 57.0 Å². The first kappa shape index (κ1) is 15.0. The van der Waals surface area contributed by atoms with Crippen LogP contribution in [-0.4, -0.2) is 40.0 Å². The lowest BCUT2D eigenvalue weighted by atomic mass is 9.98. The molecule has 3 atom stereocenters. The van der Waals surface area contributed by atoms with Crippen LogP contribution >= 0.6 is 0 Å². The highest BCUT2D eigenvalue weighted by Crippen LogP contribution is 2.35. The Labute approximate surface area is 148 Å². The number of H-pyrrole nitrogens is 1. The summed E-state index contributed by atoms with van der Waals surface area (Å²) in [6.07, 6.45) is 9.18. The molecule has 0 radical (unpaired) electrons. The van der Waals surface area contributed by atoms with Crippen molar-refractivity contribution in [3.05, 3.63) is 48.8 Å². The summed E-state index contributed by atoms with van der Waals surface area (Å²) in [5.41, 5.74) is 4.50. The van der Waals surface area contributed by atoms with E-state index in [1.807, 2.05) is 12.4 Å². The predicted octanol–water partition coefficient (Wildman–Crippen LogP) is 4.27. The molecule has 0 amide bonds. The lowest BCUT2D eigenvalue weighted by Gasteiger charge is -2.37.